The van der Waals surface area contributed by atoms with Crippen molar-refractivity contribution >= 4 is 51.3 Å². The van der Waals surface area contributed by atoms with Crippen LogP contribution >= 0.6 is 35.3 Å². The Labute approximate surface area is 153 Å². The third kappa shape index (κ3) is 5.36. The van der Waals surface area contributed by atoms with E-state index in [2.05, 4.69) is 15.6 Å². The summed E-state index contributed by atoms with van der Waals surface area (Å²) in [6.07, 6.45) is 2.38. The van der Waals surface area contributed by atoms with Crippen molar-refractivity contribution in [3.8, 4) is 0 Å². The van der Waals surface area contributed by atoms with Crippen LogP contribution in [0.1, 0.15) is 24.6 Å². The topological polar surface area (TPSA) is 73.8 Å². The number of aliphatic imine (C=N–C) groups is 1. The highest BCUT2D eigenvalue weighted by Gasteiger charge is 2.22. The lowest BCUT2D eigenvalue weighted by atomic mass is 10.5. The van der Waals surface area contributed by atoms with Gasteiger partial charge in [0.15, 0.2) is 5.96 Å². The smallest absolute Gasteiger partial charge is 0.252 e. The predicted octanol–water partition coefficient (Wildman–Crippen LogP) is 1.83. The molecular weight excluding hydrogens is 435 g/mol. The van der Waals surface area contributed by atoms with E-state index in [9.17, 15) is 8.42 Å². The molecule has 1 aromatic rings. The third-order valence-corrected chi connectivity index (χ3v) is 6.38. The molecule has 1 heterocycles. The van der Waals surface area contributed by atoms with Crippen LogP contribution in [0, 0.1) is 0 Å². The maximum absolute atomic E-state index is 12.0. The molecule has 0 saturated heterocycles. The number of hydrogen-bond acceptors (Lipinski definition) is 4. The number of halogens is 1. The Kier molecular flexibility index (Phi) is 7.56. The summed E-state index contributed by atoms with van der Waals surface area (Å²) in [6.45, 7) is 3.32. The van der Waals surface area contributed by atoms with Crippen molar-refractivity contribution in [3.63, 3.8) is 0 Å². The van der Waals surface area contributed by atoms with E-state index in [0.29, 0.717) is 16.8 Å². The fraction of sp³-hybridized carbons (Fsp3) is 0.615. The van der Waals surface area contributed by atoms with Crippen LogP contribution in [0.25, 0.3) is 0 Å². The molecule has 9 heteroatoms. The summed E-state index contributed by atoms with van der Waals surface area (Å²) in [5, 5.41) is 6.53. The van der Waals surface area contributed by atoms with Crippen LogP contribution in [0.2, 0.25) is 0 Å². The van der Waals surface area contributed by atoms with Crippen molar-refractivity contribution in [2.24, 2.45) is 4.99 Å². The lowest BCUT2D eigenvalue weighted by Crippen LogP contribution is -2.38. The Hall–Kier alpha value is -0.390. The van der Waals surface area contributed by atoms with E-state index in [0.717, 1.165) is 17.4 Å². The minimum Gasteiger partial charge on any atom is -0.357 e. The highest BCUT2D eigenvalue weighted by atomic mass is 127. The molecule has 22 heavy (non-hydrogen) atoms. The first-order valence-corrected chi connectivity index (χ1v) is 9.25. The van der Waals surface area contributed by atoms with E-state index in [1.54, 1.807) is 6.07 Å². The van der Waals surface area contributed by atoms with Crippen LogP contribution in [0.5, 0.6) is 0 Å². The first kappa shape index (κ1) is 19.7. The van der Waals surface area contributed by atoms with E-state index < -0.39 is 10.0 Å². The fourth-order valence-electron chi connectivity index (χ4n) is 1.66. The molecule has 0 radical (unpaired) electrons. The second-order valence-electron chi connectivity index (χ2n) is 5.12. The Balaban J connectivity index is 0.00000242. The number of thiophene rings is 1. The summed E-state index contributed by atoms with van der Waals surface area (Å²) in [4.78, 5) is 5.43. The Morgan fingerprint density at radius 2 is 2.09 bits per heavy atom. The predicted molar refractivity (Wildman–Crippen MR) is 102 cm³/mol. The average molecular weight is 458 g/mol. The zero-order chi connectivity index (χ0) is 15.5. The monoisotopic (exact) mass is 458 g/mol. The van der Waals surface area contributed by atoms with Gasteiger partial charge in [0.2, 0.25) is 0 Å². The van der Waals surface area contributed by atoms with E-state index in [1.807, 2.05) is 13.0 Å². The molecule has 6 nitrogen and oxygen atoms in total. The van der Waals surface area contributed by atoms with E-state index in [1.165, 1.54) is 42.6 Å². The maximum atomic E-state index is 12.0. The normalized spacial score (nSPS) is 15.5. The summed E-state index contributed by atoms with van der Waals surface area (Å²) in [5.41, 5.74) is 0. The Morgan fingerprint density at radius 3 is 2.64 bits per heavy atom. The number of hydrogen-bond donors (Lipinski definition) is 2. The van der Waals surface area contributed by atoms with Gasteiger partial charge < -0.3 is 10.6 Å². The van der Waals surface area contributed by atoms with Crippen LogP contribution in [0.3, 0.4) is 0 Å². The molecule has 0 atom stereocenters. The number of nitrogens with one attached hydrogen (secondary N) is 2. The van der Waals surface area contributed by atoms with Crippen molar-refractivity contribution in [1.29, 1.82) is 0 Å². The molecule has 1 saturated carbocycles. The van der Waals surface area contributed by atoms with Crippen molar-refractivity contribution in [1.82, 2.24) is 14.9 Å². The van der Waals surface area contributed by atoms with Gasteiger partial charge in [0.05, 0.1) is 6.54 Å². The van der Waals surface area contributed by atoms with Crippen molar-refractivity contribution in [3.05, 3.63) is 17.0 Å². The van der Waals surface area contributed by atoms with Gasteiger partial charge in [-0.2, -0.15) is 0 Å². The first-order chi connectivity index (χ1) is 9.93. The van der Waals surface area contributed by atoms with Crippen molar-refractivity contribution in [2.45, 2.75) is 36.6 Å². The van der Waals surface area contributed by atoms with Gasteiger partial charge in [0.1, 0.15) is 4.21 Å². The van der Waals surface area contributed by atoms with Gasteiger partial charge in [-0.05, 0) is 31.9 Å². The molecule has 0 aromatic carbocycles. The van der Waals surface area contributed by atoms with Gasteiger partial charge >= 0.3 is 0 Å². The van der Waals surface area contributed by atoms with Crippen LogP contribution < -0.4 is 10.6 Å². The minimum atomic E-state index is -3.34. The van der Waals surface area contributed by atoms with Gasteiger partial charge in [-0.15, -0.1) is 35.3 Å². The molecule has 2 rings (SSSR count). The Bertz CT molecular complexity index is 609. The molecule has 0 amide bonds. The molecule has 0 aliphatic heterocycles. The van der Waals surface area contributed by atoms with Crippen LogP contribution in [0.4, 0.5) is 0 Å². The third-order valence-electron chi connectivity index (χ3n) is 3.03. The van der Waals surface area contributed by atoms with Gasteiger partial charge in [0, 0.05) is 31.6 Å². The molecule has 0 spiro atoms. The van der Waals surface area contributed by atoms with Gasteiger partial charge in [-0.3, -0.25) is 0 Å². The molecule has 1 aromatic heterocycles. The maximum Gasteiger partial charge on any atom is 0.252 e. The second kappa shape index (κ2) is 8.46. The molecule has 0 unspecified atom stereocenters. The second-order valence-corrected chi connectivity index (χ2v) is 8.67. The van der Waals surface area contributed by atoms with E-state index in [-0.39, 0.29) is 24.0 Å². The van der Waals surface area contributed by atoms with Crippen molar-refractivity contribution in [2.75, 3.05) is 20.6 Å². The largest absolute Gasteiger partial charge is 0.357 e. The van der Waals surface area contributed by atoms with Crippen LogP contribution in [-0.4, -0.2) is 45.4 Å². The van der Waals surface area contributed by atoms with Crippen molar-refractivity contribution < 1.29 is 8.42 Å². The average Bonchev–Trinajstić information content (AvgIpc) is 3.10. The number of nitrogens with zero attached hydrogens (tertiary/aromatic N) is 2. The zero-order valence-corrected chi connectivity index (χ0v) is 17.0. The highest BCUT2D eigenvalue weighted by molar-refractivity contribution is 14.0. The summed E-state index contributed by atoms with van der Waals surface area (Å²) < 4.78 is 25.6. The lowest BCUT2D eigenvalue weighted by Gasteiger charge is -2.09. The standard InChI is InChI=1S/C13H22N4O2S2.HI/c1-4-14-13(16-10-5-6-10)15-9-11-7-8-12(20-11)21(18,19)17(2)3;/h7-8,10H,4-6,9H2,1-3H3,(H2,14,15,16);1H. The summed E-state index contributed by atoms with van der Waals surface area (Å²) >= 11 is 1.27. The van der Waals surface area contributed by atoms with E-state index >= 15 is 0 Å². The number of rotatable bonds is 6. The molecule has 1 fully saturated rings. The fourth-order valence-corrected chi connectivity index (χ4v) is 4.11. The zero-order valence-electron chi connectivity index (χ0n) is 13.0. The van der Waals surface area contributed by atoms with E-state index in [4.69, 9.17) is 0 Å². The summed E-state index contributed by atoms with van der Waals surface area (Å²) in [7, 11) is -0.267. The van der Waals surface area contributed by atoms with Gasteiger partial charge in [0.25, 0.3) is 10.0 Å². The number of guanidine groups is 1. The summed E-state index contributed by atoms with van der Waals surface area (Å²) in [6, 6.07) is 4.01. The molecule has 1 aliphatic rings. The van der Waals surface area contributed by atoms with Crippen LogP contribution in [-0.2, 0) is 16.6 Å². The lowest BCUT2D eigenvalue weighted by molar-refractivity contribution is 0.523. The van der Waals surface area contributed by atoms with Crippen LogP contribution in [0.15, 0.2) is 21.3 Å². The molecule has 126 valence electrons. The molecular formula is C13H23IN4O2S2. The first-order valence-electron chi connectivity index (χ1n) is 6.99. The van der Waals surface area contributed by atoms with Gasteiger partial charge in [-0.1, -0.05) is 0 Å². The highest BCUT2D eigenvalue weighted by Crippen LogP contribution is 2.24. The number of sulfonamides is 1. The molecule has 0 bridgehead atoms. The van der Waals surface area contributed by atoms with Gasteiger partial charge in [-0.25, -0.2) is 17.7 Å². The SMILES string of the molecule is CCNC(=NCc1ccc(S(=O)(=O)N(C)C)s1)NC1CC1.I. The molecule has 2 N–H and O–H groups in total. The minimum absolute atomic E-state index is 0. The quantitative estimate of drug-likeness (QED) is 0.388. The Morgan fingerprint density at radius 1 is 1.41 bits per heavy atom. The summed E-state index contributed by atoms with van der Waals surface area (Å²) in [5.74, 6) is 0.797. The molecule has 1 aliphatic carbocycles.